The number of nitrogens with one attached hydrogen (secondary N) is 1. The van der Waals surface area contributed by atoms with E-state index in [9.17, 15) is 14.9 Å². The first-order valence-corrected chi connectivity index (χ1v) is 8.57. The molecule has 1 unspecified atom stereocenters. The van der Waals surface area contributed by atoms with Gasteiger partial charge in [0.1, 0.15) is 12.1 Å². The van der Waals surface area contributed by atoms with E-state index in [-0.39, 0.29) is 24.3 Å². The van der Waals surface area contributed by atoms with Crippen LogP contribution in [0.2, 0.25) is 0 Å². The Balaban J connectivity index is 2.11. The molecule has 0 aromatic heterocycles. The highest BCUT2D eigenvalue weighted by atomic mass is 32.2. The summed E-state index contributed by atoms with van der Waals surface area (Å²) in [5, 5.41) is 12.1. The van der Waals surface area contributed by atoms with Gasteiger partial charge in [-0.25, -0.2) is 0 Å². The molecule has 122 valence electrons. The summed E-state index contributed by atoms with van der Waals surface area (Å²) in [6.07, 6.45) is 0.565. The van der Waals surface area contributed by atoms with Crippen LogP contribution in [0.4, 0.5) is 5.69 Å². The molecular weight excluding hydrogens is 310 g/mol. The second-order valence-electron chi connectivity index (χ2n) is 6.33. The minimum Gasteiger partial charge on any atom is -0.336 e. The molecule has 23 heavy (non-hydrogen) atoms. The van der Waals surface area contributed by atoms with E-state index in [2.05, 4.69) is 11.4 Å². The number of amides is 2. The molecule has 0 bridgehead atoms. The van der Waals surface area contributed by atoms with Crippen molar-refractivity contribution in [2.75, 3.05) is 17.2 Å². The highest BCUT2D eigenvalue weighted by Crippen LogP contribution is 2.34. The van der Waals surface area contributed by atoms with E-state index in [1.165, 1.54) is 16.7 Å². The van der Waals surface area contributed by atoms with E-state index in [4.69, 9.17) is 0 Å². The van der Waals surface area contributed by atoms with Crippen LogP contribution in [-0.4, -0.2) is 29.7 Å². The SMILES string of the molecule is CC(C)CC(C)(C#N)NC(=O)CN1C(=O)CSc2ccccc21. The molecule has 1 heterocycles. The maximum absolute atomic E-state index is 12.4. The van der Waals surface area contributed by atoms with Crippen LogP contribution >= 0.6 is 11.8 Å². The number of rotatable bonds is 5. The Hall–Kier alpha value is -2.00. The lowest BCUT2D eigenvalue weighted by molar-refractivity contribution is -0.123. The van der Waals surface area contributed by atoms with Crippen molar-refractivity contribution in [2.24, 2.45) is 5.92 Å². The molecule has 0 saturated carbocycles. The predicted octanol–water partition coefficient (Wildman–Crippen LogP) is 2.57. The molecule has 0 spiro atoms. The molecule has 0 fully saturated rings. The number of para-hydroxylation sites is 1. The monoisotopic (exact) mass is 331 g/mol. The van der Waals surface area contributed by atoms with Crippen LogP contribution < -0.4 is 10.2 Å². The summed E-state index contributed by atoms with van der Waals surface area (Å²) in [5.74, 6) is 0.205. The number of carbonyl (C=O) groups excluding carboxylic acids is 2. The van der Waals surface area contributed by atoms with Crippen molar-refractivity contribution < 1.29 is 9.59 Å². The van der Waals surface area contributed by atoms with E-state index in [0.717, 1.165) is 10.6 Å². The summed E-state index contributed by atoms with van der Waals surface area (Å²) in [7, 11) is 0. The lowest BCUT2D eigenvalue weighted by Gasteiger charge is -2.30. The first kappa shape index (κ1) is 17.4. The molecule has 1 aromatic carbocycles. The third-order valence-corrected chi connectivity index (χ3v) is 4.64. The van der Waals surface area contributed by atoms with Crippen LogP contribution in [0.3, 0.4) is 0 Å². The van der Waals surface area contributed by atoms with Gasteiger partial charge in [-0.05, 0) is 31.4 Å². The number of fused-ring (bicyclic) bond motifs is 1. The van der Waals surface area contributed by atoms with Gasteiger partial charge in [-0.1, -0.05) is 26.0 Å². The van der Waals surface area contributed by atoms with Gasteiger partial charge < -0.3 is 10.2 Å². The Morgan fingerprint density at radius 1 is 1.48 bits per heavy atom. The van der Waals surface area contributed by atoms with E-state index in [1.807, 2.05) is 38.1 Å². The molecule has 1 aliphatic heterocycles. The van der Waals surface area contributed by atoms with Gasteiger partial charge in [0.05, 0.1) is 17.5 Å². The Labute approximate surface area is 141 Å². The smallest absolute Gasteiger partial charge is 0.241 e. The summed E-state index contributed by atoms with van der Waals surface area (Å²) < 4.78 is 0. The van der Waals surface area contributed by atoms with Crippen LogP contribution in [-0.2, 0) is 9.59 Å². The average molecular weight is 331 g/mol. The second-order valence-corrected chi connectivity index (χ2v) is 7.34. The van der Waals surface area contributed by atoms with E-state index in [1.54, 1.807) is 6.92 Å². The fourth-order valence-electron chi connectivity index (χ4n) is 2.76. The quantitative estimate of drug-likeness (QED) is 0.900. The normalized spacial score (nSPS) is 16.5. The molecule has 0 saturated heterocycles. The van der Waals surface area contributed by atoms with E-state index >= 15 is 0 Å². The molecule has 2 rings (SSSR count). The van der Waals surface area contributed by atoms with Crippen LogP contribution in [0, 0.1) is 17.2 Å². The topological polar surface area (TPSA) is 73.2 Å². The van der Waals surface area contributed by atoms with E-state index in [0.29, 0.717) is 12.2 Å². The van der Waals surface area contributed by atoms with Gasteiger partial charge >= 0.3 is 0 Å². The third kappa shape index (κ3) is 4.26. The first-order chi connectivity index (χ1) is 10.8. The molecular formula is C17H21N3O2S. The van der Waals surface area contributed by atoms with Gasteiger partial charge in [0.2, 0.25) is 11.8 Å². The fourth-order valence-corrected chi connectivity index (χ4v) is 3.70. The van der Waals surface area contributed by atoms with Crippen LogP contribution in [0.5, 0.6) is 0 Å². The summed E-state index contributed by atoms with van der Waals surface area (Å²) in [6, 6.07) is 9.71. The zero-order valence-corrected chi connectivity index (χ0v) is 14.4. The highest BCUT2D eigenvalue weighted by molar-refractivity contribution is 8.00. The van der Waals surface area contributed by atoms with E-state index < -0.39 is 5.54 Å². The molecule has 2 amide bonds. The molecule has 6 heteroatoms. The van der Waals surface area contributed by atoms with Crippen molar-refractivity contribution in [3.63, 3.8) is 0 Å². The standard InChI is InChI=1S/C17H21N3O2S/c1-12(2)8-17(3,11-18)19-15(21)9-20-13-6-4-5-7-14(13)23-10-16(20)22/h4-7,12H,8-10H2,1-3H3,(H,19,21). The summed E-state index contributed by atoms with van der Waals surface area (Å²) in [5.41, 5.74) is -0.162. The number of anilines is 1. The largest absolute Gasteiger partial charge is 0.336 e. The lowest BCUT2D eigenvalue weighted by atomic mass is 9.92. The lowest BCUT2D eigenvalue weighted by Crippen LogP contribution is -2.51. The van der Waals surface area contributed by atoms with Crippen molar-refractivity contribution in [3.05, 3.63) is 24.3 Å². The number of thioether (sulfide) groups is 1. The number of carbonyl (C=O) groups is 2. The molecule has 1 aromatic rings. The second kappa shape index (κ2) is 7.05. The van der Waals surface area contributed by atoms with Crippen LogP contribution in [0.15, 0.2) is 29.2 Å². The molecule has 1 atom stereocenters. The maximum Gasteiger partial charge on any atom is 0.241 e. The van der Waals surface area contributed by atoms with Gasteiger partial charge in [0.25, 0.3) is 0 Å². The number of hydrogen-bond donors (Lipinski definition) is 1. The number of nitrogens with zero attached hydrogens (tertiary/aromatic N) is 2. The molecule has 1 N–H and O–H groups in total. The van der Waals surface area contributed by atoms with Crippen molar-refractivity contribution in [3.8, 4) is 6.07 Å². The number of nitriles is 1. The molecule has 0 aliphatic carbocycles. The van der Waals surface area contributed by atoms with Crippen molar-refractivity contribution in [1.29, 1.82) is 5.26 Å². The van der Waals surface area contributed by atoms with Gasteiger partial charge in [-0.15, -0.1) is 11.8 Å². The van der Waals surface area contributed by atoms with Crippen molar-refractivity contribution in [1.82, 2.24) is 5.32 Å². The van der Waals surface area contributed by atoms with Gasteiger partial charge in [-0.2, -0.15) is 5.26 Å². The summed E-state index contributed by atoms with van der Waals surface area (Å²) in [4.78, 5) is 27.0. The zero-order chi connectivity index (χ0) is 17.0. The van der Waals surface area contributed by atoms with Gasteiger partial charge in [0.15, 0.2) is 0 Å². The van der Waals surface area contributed by atoms with Crippen molar-refractivity contribution >= 4 is 29.3 Å². The minimum absolute atomic E-state index is 0.0637. The molecule has 5 nitrogen and oxygen atoms in total. The summed E-state index contributed by atoms with van der Waals surface area (Å²) >= 11 is 1.48. The Kier molecular flexibility index (Phi) is 5.32. The predicted molar refractivity (Wildman–Crippen MR) is 91.1 cm³/mol. The number of hydrogen-bond acceptors (Lipinski definition) is 4. The van der Waals surface area contributed by atoms with Crippen LogP contribution in [0.25, 0.3) is 0 Å². The Morgan fingerprint density at radius 2 is 2.17 bits per heavy atom. The van der Waals surface area contributed by atoms with Gasteiger partial charge in [-0.3, -0.25) is 9.59 Å². The summed E-state index contributed by atoms with van der Waals surface area (Å²) in [6.45, 7) is 5.66. The number of benzene rings is 1. The van der Waals surface area contributed by atoms with Gasteiger partial charge in [0, 0.05) is 4.90 Å². The maximum atomic E-state index is 12.4. The Bertz CT molecular complexity index is 653. The molecule has 1 aliphatic rings. The third-order valence-electron chi connectivity index (χ3n) is 3.59. The first-order valence-electron chi connectivity index (χ1n) is 7.59. The average Bonchev–Trinajstić information content (AvgIpc) is 2.49. The fraction of sp³-hybridized carbons (Fsp3) is 0.471. The highest BCUT2D eigenvalue weighted by Gasteiger charge is 2.30. The minimum atomic E-state index is -0.918. The zero-order valence-electron chi connectivity index (χ0n) is 13.6. The molecule has 0 radical (unpaired) electrons. The van der Waals surface area contributed by atoms with Crippen molar-refractivity contribution in [2.45, 2.75) is 37.6 Å². The van der Waals surface area contributed by atoms with Crippen LogP contribution in [0.1, 0.15) is 27.2 Å². The Morgan fingerprint density at radius 3 is 2.83 bits per heavy atom.